The third-order valence-corrected chi connectivity index (χ3v) is 3.04. The van der Waals surface area contributed by atoms with Gasteiger partial charge in [0.05, 0.1) is 12.7 Å². The Hall–Kier alpha value is -1.61. The number of ether oxygens (including phenoxy) is 1. The molecule has 0 saturated carbocycles. The molecule has 3 heteroatoms. The van der Waals surface area contributed by atoms with E-state index >= 15 is 0 Å². The molecular weight excluding hydrogens is 214 g/mol. The van der Waals surface area contributed by atoms with E-state index in [0.717, 1.165) is 24.2 Å². The number of esters is 1. The van der Waals surface area contributed by atoms with Gasteiger partial charge in [-0.05, 0) is 18.1 Å². The average Bonchev–Trinajstić information content (AvgIpc) is 2.70. The number of carbonyl (C=O) groups excluding carboxylic acids is 1. The Bertz CT molecular complexity index is 437. The Labute approximate surface area is 102 Å². The first-order valence-electron chi connectivity index (χ1n) is 5.74. The van der Waals surface area contributed by atoms with Gasteiger partial charge in [0.15, 0.2) is 0 Å². The molecule has 3 nitrogen and oxygen atoms in total. The summed E-state index contributed by atoms with van der Waals surface area (Å²) in [7, 11) is 1.43. The normalized spacial score (nSPS) is 16.4. The molecule has 0 aliphatic carbocycles. The van der Waals surface area contributed by atoms with Gasteiger partial charge in [0, 0.05) is 19.6 Å². The molecule has 1 aromatic rings. The van der Waals surface area contributed by atoms with Gasteiger partial charge in [-0.3, -0.25) is 4.90 Å². The second-order valence-electron chi connectivity index (χ2n) is 4.38. The van der Waals surface area contributed by atoms with Gasteiger partial charge in [-0.2, -0.15) is 0 Å². The average molecular weight is 231 g/mol. The summed E-state index contributed by atoms with van der Waals surface area (Å²) >= 11 is 0. The van der Waals surface area contributed by atoms with E-state index in [9.17, 15) is 4.79 Å². The van der Waals surface area contributed by atoms with Crippen molar-refractivity contribution in [3.8, 4) is 0 Å². The van der Waals surface area contributed by atoms with E-state index in [1.807, 2.05) is 25.1 Å². The predicted octanol–water partition coefficient (Wildman–Crippen LogP) is 1.99. The van der Waals surface area contributed by atoms with Crippen LogP contribution >= 0.6 is 0 Å². The van der Waals surface area contributed by atoms with Crippen LogP contribution in [0.15, 0.2) is 41.5 Å². The molecular formula is C14H17NO2. The Kier molecular flexibility index (Phi) is 3.59. The van der Waals surface area contributed by atoms with E-state index in [4.69, 9.17) is 4.74 Å². The number of nitrogens with zero attached hydrogens (tertiary/aromatic N) is 1. The van der Waals surface area contributed by atoms with E-state index in [-0.39, 0.29) is 5.97 Å². The molecule has 0 aromatic heterocycles. The third-order valence-electron chi connectivity index (χ3n) is 3.04. The molecule has 0 bridgehead atoms. The van der Waals surface area contributed by atoms with Crippen molar-refractivity contribution in [2.45, 2.75) is 13.5 Å². The van der Waals surface area contributed by atoms with Crippen molar-refractivity contribution in [2.24, 2.45) is 0 Å². The highest BCUT2D eigenvalue weighted by atomic mass is 16.5. The molecule has 0 spiro atoms. The van der Waals surface area contributed by atoms with Gasteiger partial charge in [-0.15, -0.1) is 0 Å². The molecule has 90 valence electrons. The standard InChI is InChI=1S/C14H17NO2/c1-11-8-15(10-13(11)14(16)17-2)9-12-6-4-3-5-7-12/h3-7H,8-10H2,1-2H3. The van der Waals surface area contributed by atoms with Crippen LogP contribution in [0, 0.1) is 0 Å². The van der Waals surface area contributed by atoms with E-state index in [0.29, 0.717) is 6.54 Å². The summed E-state index contributed by atoms with van der Waals surface area (Å²) in [4.78, 5) is 13.8. The van der Waals surface area contributed by atoms with E-state index in [1.165, 1.54) is 12.7 Å². The number of methoxy groups -OCH3 is 1. The molecule has 1 heterocycles. The quantitative estimate of drug-likeness (QED) is 0.745. The van der Waals surface area contributed by atoms with Gasteiger partial charge in [0.2, 0.25) is 0 Å². The van der Waals surface area contributed by atoms with Gasteiger partial charge in [-0.1, -0.05) is 30.3 Å². The molecule has 0 amide bonds. The summed E-state index contributed by atoms with van der Waals surface area (Å²) in [5.74, 6) is -0.196. The molecule has 2 rings (SSSR count). The van der Waals surface area contributed by atoms with E-state index in [2.05, 4.69) is 17.0 Å². The van der Waals surface area contributed by atoms with Gasteiger partial charge in [-0.25, -0.2) is 4.79 Å². The van der Waals surface area contributed by atoms with Crippen molar-refractivity contribution in [1.82, 2.24) is 4.90 Å². The van der Waals surface area contributed by atoms with Gasteiger partial charge < -0.3 is 4.74 Å². The van der Waals surface area contributed by atoms with Crippen molar-refractivity contribution in [3.05, 3.63) is 47.0 Å². The highest BCUT2D eigenvalue weighted by Gasteiger charge is 2.24. The minimum Gasteiger partial charge on any atom is -0.466 e. The molecule has 1 aliphatic rings. The second kappa shape index (κ2) is 5.15. The van der Waals surface area contributed by atoms with Crippen LogP contribution in [0.2, 0.25) is 0 Å². The van der Waals surface area contributed by atoms with Crippen LogP contribution < -0.4 is 0 Å². The maximum absolute atomic E-state index is 11.5. The van der Waals surface area contributed by atoms with Crippen molar-refractivity contribution in [1.29, 1.82) is 0 Å². The smallest absolute Gasteiger partial charge is 0.335 e. The molecule has 17 heavy (non-hydrogen) atoms. The van der Waals surface area contributed by atoms with Crippen LogP contribution in [0.4, 0.5) is 0 Å². The number of hydrogen-bond donors (Lipinski definition) is 0. The molecule has 0 atom stereocenters. The molecule has 1 aliphatic heterocycles. The number of benzene rings is 1. The number of carbonyl (C=O) groups is 1. The summed E-state index contributed by atoms with van der Waals surface area (Å²) in [6.07, 6.45) is 0. The number of rotatable bonds is 3. The first-order chi connectivity index (χ1) is 8.20. The number of hydrogen-bond acceptors (Lipinski definition) is 3. The molecule has 0 unspecified atom stereocenters. The lowest BCUT2D eigenvalue weighted by molar-refractivity contribution is -0.136. The maximum Gasteiger partial charge on any atom is 0.335 e. The Morgan fingerprint density at radius 2 is 2.00 bits per heavy atom. The fraction of sp³-hybridized carbons (Fsp3) is 0.357. The molecule has 0 fully saturated rings. The predicted molar refractivity (Wildman–Crippen MR) is 66.4 cm³/mol. The molecule has 0 radical (unpaired) electrons. The van der Waals surface area contributed by atoms with Crippen LogP contribution in [0.25, 0.3) is 0 Å². The SMILES string of the molecule is COC(=O)C1=C(C)CN(Cc2ccccc2)C1. The van der Waals surface area contributed by atoms with Crippen molar-refractivity contribution >= 4 is 5.97 Å². The third kappa shape index (κ3) is 2.74. The largest absolute Gasteiger partial charge is 0.466 e. The first-order valence-corrected chi connectivity index (χ1v) is 5.74. The monoisotopic (exact) mass is 231 g/mol. The zero-order valence-electron chi connectivity index (χ0n) is 10.3. The molecule has 1 aromatic carbocycles. The summed E-state index contributed by atoms with van der Waals surface area (Å²) < 4.78 is 4.78. The second-order valence-corrected chi connectivity index (χ2v) is 4.38. The van der Waals surface area contributed by atoms with Gasteiger partial charge in [0.25, 0.3) is 0 Å². The summed E-state index contributed by atoms with van der Waals surface area (Å²) in [5, 5.41) is 0. The van der Waals surface area contributed by atoms with Gasteiger partial charge in [0.1, 0.15) is 0 Å². The summed E-state index contributed by atoms with van der Waals surface area (Å²) in [6, 6.07) is 10.3. The minimum absolute atomic E-state index is 0.196. The van der Waals surface area contributed by atoms with Crippen LogP contribution in [0.5, 0.6) is 0 Å². The zero-order chi connectivity index (χ0) is 12.3. The lowest BCUT2D eigenvalue weighted by Gasteiger charge is -2.15. The fourth-order valence-corrected chi connectivity index (χ4v) is 2.16. The first kappa shape index (κ1) is 11.9. The lowest BCUT2D eigenvalue weighted by atomic mass is 10.2. The van der Waals surface area contributed by atoms with Crippen LogP contribution in [0.1, 0.15) is 12.5 Å². The highest BCUT2D eigenvalue weighted by molar-refractivity contribution is 5.90. The van der Waals surface area contributed by atoms with Crippen LogP contribution in [-0.4, -0.2) is 31.1 Å². The fourth-order valence-electron chi connectivity index (χ4n) is 2.16. The van der Waals surface area contributed by atoms with Crippen molar-refractivity contribution < 1.29 is 9.53 Å². The van der Waals surface area contributed by atoms with E-state index < -0.39 is 0 Å². The maximum atomic E-state index is 11.5. The van der Waals surface area contributed by atoms with E-state index in [1.54, 1.807) is 0 Å². The molecule has 0 N–H and O–H groups in total. The van der Waals surface area contributed by atoms with Crippen molar-refractivity contribution in [3.63, 3.8) is 0 Å². The Morgan fingerprint density at radius 1 is 1.29 bits per heavy atom. The minimum atomic E-state index is -0.196. The Balaban J connectivity index is 1.99. The topological polar surface area (TPSA) is 29.5 Å². The van der Waals surface area contributed by atoms with Crippen LogP contribution in [0.3, 0.4) is 0 Å². The lowest BCUT2D eigenvalue weighted by Crippen LogP contribution is -2.22. The molecule has 0 saturated heterocycles. The zero-order valence-corrected chi connectivity index (χ0v) is 10.3. The highest BCUT2D eigenvalue weighted by Crippen LogP contribution is 2.20. The van der Waals surface area contributed by atoms with Gasteiger partial charge >= 0.3 is 5.97 Å². The van der Waals surface area contributed by atoms with Crippen LogP contribution in [-0.2, 0) is 16.1 Å². The summed E-state index contributed by atoms with van der Waals surface area (Å²) in [5.41, 5.74) is 3.20. The Morgan fingerprint density at radius 3 is 2.65 bits per heavy atom. The summed E-state index contributed by atoms with van der Waals surface area (Å²) in [6.45, 7) is 4.41. The van der Waals surface area contributed by atoms with Crippen molar-refractivity contribution in [2.75, 3.05) is 20.2 Å².